The quantitative estimate of drug-likeness (QED) is 0.298. The van der Waals surface area contributed by atoms with E-state index in [0.29, 0.717) is 37.1 Å². The van der Waals surface area contributed by atoms with E-state index >= 15 is 0 Å². The van der Waals surface area contributed by atoms with E-state index < -0.39 is 0 Å². The highest BCUT2D eigenvalue weighted by atomic mass is 35.5. The molecule has 3 aromatic rings. The van der Waals surface area contributed by atoms with Crippen molar-refractivity contribution in [3.63, 3.8) is 0 Å². The number of carbonyl (C=O) groups excluding carboxylic acids is 2. The molecule has 3 aromatic carbocycles. The number of hydrogen-bond donors (Lipinski definition) is 1. The molecule has 178 valence electrons. The lowest BCUT2D eigenvalue weighted by molar-refractivity contribution is -0.118. The highest BCUT2D eigenvalue weighted by Gasteiger charge is 2.33. The van der Waals surface area contributed by atoms with E-state index in [1.54, 1.807) is 42.5 Å². The van der Waals surface area contributed by atoms with Crippen molar-refractivity contribution in [3.05, 3.63) is 87.8 Å². The molecule has 0 unspecified atom stereocenters. The van der Waals surface area contributed by atoms with Crippen LogP contribution in [0.25, 0.3) is 6.08 Å². The maximum absolute atomic E-state index is 13.1. The number of amides is 2. The van der Waals surface area contributed by atoms with E-state index in [2.05, 4.69) is 5.32 Å². The predicted molar refractivity (Wildman–Crippen MR) is 145 cm³/mol. The van der Waals surface area contributed by atoms with E-state index in [1.165, 1.54) is 23.8 Å². The maximum atomic E-state index is 13.1. The third kappa shape index (κ3) is 5.85. The summed E-state index contributed by atoms with van der Waals surface area (Å²) in [6.45, 7) is 1.72. The second kappa shape index (κ2) is 10.9. The van der Waals surface area contributed by atoms with Gasteiger partial charge in [-0.05, 0) is 60.5 Å². The maximum Gasteiger partial charge on any atom is 0.270 e. The summed E-state index contributed by atoms with van der Waals surface area (Å²) < 4.78 is 11.5. The van der Waals surface area contributed by atoms with Crippen LogP contribution in [-0.4, -0.2) is 29.9 Å². The van der Waals surface area contributed by atoms with Gasteiger partial charge in [-0.3, -0.25) is 14.5 Å². The number of benzene rings is 3. The first-order valence-electron chi connectivity index (χ1n) is 10.6. The van der Waals surface area contributed by atoms with Crippen molar-refractivity contribution in [2.24, 2.45) is 0 Å². The Labute approximate surface area is 217 Å². The van der Waals surface area contributed by atoms with Gasteiger partial charge in [0.1, 0.15) is 0 Å². The second-order valence-electron chi connectivity index (χ2n) is 7.56. The number of rotatable bonds is 7. The molecule has 1 aliphatic heterocycles. The van der Waals surface area contributed by atoms with Crippen LogP contribution in [0.15, 0.2) is 71.6 Å². The highest BCUT2D eigenvalue weighted by Crippen LogP contribution is 2.38. The van der Waals surface area contributed by atoms with Crippen molar-refractivity contribution in [2.45, 2.75) is 6.92 Å². The minimum atomic E-state index is -0.290. The average molecular weight is 525 g/mol. The Hall–Kier alpha value is -3.33. The lowest BCUT2D eigenvalue weighted by Crippen LogP contribution is -2.27. The van der Waals surface area contributed by atoms with Gasteiger partial charge < -0.3 is 14.8 Å². The van der Waals surface area contributed by atoms with Crippen molar-refractivity contribution in [1.29, 1.82) is 0 Å². The summed E-state index contributed by atoms with van der Waals surface area (Å²) in [5, 5.41) is 3.33. The number of nitrogens with one attached hydrogen (secondary N) is 1. The third-order valence-electron chi connectivity index (χ3n) is 5.11. The summed E-state index contributed by atoms with van der Waals surface area (Å²) in [4.78, 5) is 27.2. The Balaban J connectivity index is 1.47. The summed E-state index contributed by atoms with van der Waals surface area (Å²) >= 11 is 12.9. The van der Waals surface area contributed by atoms with Crippen LogP contribution in [-0.2, 0) is 9.59 Å². The van der Waals surface area contributed by atoms with Crippen molar-refractivity contribution in [1.82, 2.24) is 0 Å². The van der Waals surface area contributed by atoms with Gasteiger partial charge in [-0.1, -0.05) is 65.9 Å². The molecule has 0 atom stereocenters. The molecule has 0 aliphatic carbocycles. The minimum absolute atomic E-state index is 0.178. The molecule has 35 heavy (non-hydrogen) atoms. The number of hydrogen-bond acceptors (Lipinski definition) is 6. The lowest BCUT2D eigenvalue weighted by atomic mass is 10.1. The van der Waals surface area contributed by atoms with E-state index in [0.717, 1.165) is 11.1 Å². The van der Waals surface area contributed by atoms with Gasteiger partial charge in [-0.15, -0.1) is 0 Å². The number of thiocarbonyl (C=S) groups is 1. The molecule has 4 rings (SSSR count). The van der Waals surface area contributed by atoms with E-state index in [1.807, 2.05) is 37.3 Å². The van der Waals surface area contributed by atoms with Gasteiger partial charge in [0.2, 0.25) is 0 Å². The van der Waals surface area contributed by atoms with Crippen LogP contribution in [0.2, 0.25) is 5.02 Å². The molecule has 0 aromatic heterocycles. The molecule has 1 heterocycles. The zero-order valence-electron chi connectivity index (χ0n) is 18.9. The van der Waals surface area contributed by atoms with Crippen LogP contribution in [0, 0.1) is 6.92 Å². The molecule has 0 radical (unpaired) electrons. The first-order valence-corrected chi connectivity index (χ1v) is 12.2. The molecule has 1 saturated heterocycles. The molecule has 9 heteroatoms. The predicted octanol–water partition coefficient (Wildman–Crippen LogP) is 6.08. The fourth-order valence-electron chi connectivity index (χ4n) is 3.32. The van der Waals surface area contributed by atoms with Crippen LogP contribution in [0.3, 0.4) is 0 Å². The Kier molecular flexibility index (Phi) is 7.75. The van der Waals surface area contributed by atoms with Crippen LogP contribution >= 0.6 is 35.6 Å². The minimum Gasteiger partial charge on any atom is -0.493 e. The lowest BCUT2D eigenvalue weighted by Gasteiger charge is -2.15. The number of aryl methyl sites for hydroxylation is 1. The fourth-order valence-corrected chi connectivity index (χ4v) is 4.79. The fraction of sp³-hybridized carbons (Fsp3) is 0.115. The van der Waals surface area contributed by atoms with Gasteiger partial charge in [-0.25, -0.2) is 0 Å². The molecule has 1 N–H and O–H groups in total. The summed E-state index contributed by atoms with van der Waals surface area (Å²) in [6.07, 6.45) is 1.74. The van der Waals surface area contributed by atoms with Gasteiger partial charge >= 0.3 is 0 Å². The van der Waals surface area contributed by atoms with Gasteiger partial charge in [0.15, 0.2) is 22.4 Å². The van der Waals surface area contributed by atoms with Gasteiger partial charge in [-0.2, -0.15) is 0 Å². The van der Waals surface area contributed by atoms with Crippen LogP contribution in [0.4, 0.5) is 11.4 Å². The normalized spacial score (nSPS) is 14.4. The highest BCUT2D eigenvalue weighted by molar-refractivity contribution is 8.27. The Morgan fingerprint density at radius 1 is 1.11 bits per heavy atom. The third-order valence-corrected chi connectivity index (χ3v) is 6.82. The number of nitrogens with zero attached hydrogens (tertiary/aromatic N) is 1. The zero-order chi connectivity index (χ0) is 24.9. The topological polar surface area (TPSA) is 67.9 Å². The second-order valence-corrected chi connectivity index (χ2v) is 9.65. The first kappa shape index (κ1) is 24.8. The molecular formula is C26H21ClN2O4S2. The number of thioether (sulfide) groups is 1. The number of methoxy groups -OCH3 is 1. The molecule has 6 nitrogen and oxygen atoms in total. The molecule has 1 fully saturated rings. The van der Waals surface area contributed by atoms with E-state index in [9.17, 15) is 9.59 Å². The number of halogens is 1. The Morgan fingerprint density at radius 3 is 2.60 bits per heavy atom. The molecule has 0 bridgehead atoms. The first-order chi connectivity index (χ1) is 16.9. The summed E-state index contributed by atoms with van der Waals surface area (Å²) in [5.41, 5.74) is 2.96. The monoisotopic (exact) mass is 524 g/mol. The number of carbonyl (C=O) groups is 2. The Morgan fingerprint density at radius 2 is 1.89 bits per heavy atom. The van der Waals surface area contributed by atoms with Crippen molar-refractivity contribution < 1.29 is 19.1 Å². The average Bonchev–Trinajstić information content (AvgIpc) is 3.13. The molecule has 0 spiro atoms. The van der Waals surface area contributed by atoms with Crippen molar-refractivity contribution in [2.75, 3.05) is 23.9 Å². The molecule has 2 amide bonds. The van der Waals surface area contributed by atoms with Crippen LogP contribution in [0.1, 0.15) is 11.1 Å². The molecule has 1 aliphatic rings. The Bertz CT molecular complexity index is 1330. The van der Waals surface area contributed by atoms with Crippen molar-refractivity contribution in [3.8, 4) is 11.5 Å². The number of para-hydroxylation sites is 1. The number of anilines is 2. The van der Waals surface area contributed by atoms with Gasteiger partial charge in [0.05, 0.1) is 17.7 Å². The van der Waals surface area contributed by atoms with Crippen LogP contribution < -0.4 is 19.7 Å². The number of ether oxygens (including phenoxy) is 2. The molecule has 0 saturated carbocycles. The summed E-state index contributed by atoms with van der Waals surface area (Å²) in [5.74, 6) is 0.334. The standard InChI is InChI=1S/C26H21ClN2O4S2/c1-16-8-10-19(14-20(16)27)29-25(31)23(35-26(29)34)13-17-9-11-21(22(12-17)32-2)33-15-24(30)28-18-6-4-3-5-7-18/h3-14H,15H2,1-2H3,(H,28,30)/b23-13-. The van der Waals surface area contributed by atoms with E-state index in [4.69, 9.17) is 33.3 Å². The SMILES string of the molecule is COc1cc(/C=C2\SC(=S)N(c3ccc(C)c(Cl)c3)C2=O)ccc1OCC(=O)Nc1ccccc1. The van der Waals surface area contributed by atoms with Gasteiger partial charge in [0, 0.05) is 10.7 Å². The summed E-state index contributed by atoms with van der Waals surface area (Å²) in [7, 11) is 1.51. The van der Waals surface area contributed by atoms with E-state index in [-0.39, 0.29) is 18.4 Å². The molecular weight excluding hydrogens is 504 g/mol. The smallest absolute Gasteiger partial charge is 0.270 e. The van der Waals surface area contributed by atoms with Crippen LogP contribution in [0.5, 0.6) is 11.5 Å². The summed E-state index contributed by atoms with van der Waals surface area (Å²) in [6, 6.07) is 19.7. The van der Waals surface area contributed by atoms with Gasteiger partial charge in [0.25, 0.3) is 11.8 Å². The van der Waals surface area contributed by atoms with Crippen molar-refractivity contribution >= 4 is 69.2 Å². The zero-order valence-corrected chi connectivity index (χ0v) is 21.3. The largest absolute Gasteiger partial charge is 0.493 e.